The van der Waals surface area contributed by atoms with Crippen molar-refractivity contribution in [3.05, 3.63) is 117 Å². The van der Waals surface area contributed by atoms with Crippen LogP contribution in [0.4, 0.5) is 0 Å². The number of carbonyl (C=O) groups excluding carboxylic acids is 8. The van der Waals surface area contributed by atoms with Crippen molar-refractivity contribution in [1.29, 1.82) is 0 Å². The van der Waals surface area contributed by atoms with E-state index >= 15 is 19.2 Å². The summed E-state index contributed by atoms with van der Waals surface area (Å²) in [6, 6.07) is 0.184. The molecule has 0 spiro atoms. The predicted octanol–water partition coefficient (Wildman–Crippen LogP) is 0.161. The number of phenolic OH excluding ortho intramolecular Hbond substituents is 3. The number of aliphatic hydroxyl groups is 6. The molecule has 18 atom stereocenters. The van der Waals surface area contributed by atoms with E-state index in [1.54, 1.807) is 0 Å². The summed E-state index contributed by atoms with van der Waals surface area (Å²) in [6.07, 6.45) is -13.0. The second-order valence-electron chi connectivity index (χ2n) is 26.6. The average molecular weight is 1500 g/mol. The number of terminal acetylenes is 1. The zero-order valence-corrected chi connectivity index (χ0v) is 58.4. The van der Waals surface area contributed by atoms with Crippen LogP contribution < -0.4 is 68.2 Å². The molecule has 0 aromatic heterocycles. The number of hydrogen-bond acceptors (Lipinski definition) is 25. The number of likely N-dealkylation sites (N-methyl/N-ethyl adjacent to an activating group) is 1. The highest BCUT2D eigenvalue weighted by atomic mass is 35.5. The Morgan fingerprint density at radius 2 is 1.36 bits per heavy atom. The standard InChI is InChI=1S/C70H80Cl2N10O23/c1-7-8-15-76-64(95)52-35-22-33(84)23-41(86)49(35)34-17-29(9-12-40(34)85)50-65(96)82-54(68(99)80-52)56(89)31-11-14-43(37(72)19-31)102-45-21-32-20-44(59(45)105-69-60(58(91)57(90)46(26-83)103-69)104-48-25-70(5,74)61(92)28(4)100-48)101-42-13-10-30(18-36(42)71)55(88)53(81-62(93)38(75-6)16-27(2)3)67(98)77-39(24-47(73)87)63(94)78-51(32)66(97)79-50/h1,9-14,17-23,27-28,38-39,46,48,50-58,60-61,69,75,83-86,88-92H,8,15-16,24-26,74H2,2-6H3,(H2,73,87)(H,76,95)(H,77,98)(H,78,94)(H,79,97)(H,80,99)(H,81,93)(H,82,96)/t28-,38+,39-,46+,48-,50+,51+,52-,53+,54-,55+,56+,57+,58-,60+,61+,69-,70-/m0/s1. The van der Waals surface area contributed by atoms with E-state index in [0.29, 0.717) is 0 Å². The molecule has 562 valence electrons. The molecule has 105 heavy (non-hydrogen) atoms. The summed E-state index contributed by atoms with van der Waals surface area (Å²) in [5, 5.41) is 124. The maximum atomic E-state index is 16.1. The number of aromatic hydroxyl groups is 3. The molecule has 7 aliphatic rings. The van der Waals surface area contributed by atoms with Gasteiger partial charge in [0.2, 0.25) is 59.3 Å². The highest BCUT2D eigenvalue weighted by Gasteiger charge is 2.52. The monoisotopic (exact) mass is 1500 g/mol. The first-order chi connectivity index (χ1) is 49.7. The third-order valence-electron chi connectivity index (χ3n) is 18.4. The van der Waals surface area contributed by atoms with E-state index in [2.05, 4.69) is 48.5 Å². The van der Waals surface area contributed by atoms with Crippen molar-refractivity contribution in [2.24, 2.45) is 17.4 Å². The van der Waals surface area contributed by atoms with Crippen molar-refractivity contribution in [3.8, 4) is 69.5 Å². The van der Waals surface area contributed by atoms with E-state index in [0.717, 1.165) is 60.7 Å². The van der Waals surface area contributed by atoms with Gasteiger partial charge in [-0.25, -0.2) is 0 Å². The van der Waals surface area contributed by atoms with Crippen LogP contribution in [0.5, 0.6) is 46.0 Å². The summed E-state index contributed by atoms with van der Waals surface area (Å²) in [5.41, 5.74) is 8.49. The summed E-state index contributed by atoms with van der Waals surface area (Å²) in [7, 11) is 1.48. The Kier molecular flexibility index (Phi) is 24.0. The van der Waals surface area contributed by atoms with Gasteiger partial charge in [-0.05, 0) is 116 Å². The first kappa shape index (κ1) is 78.0. The van der Waals surface area contributed by atoms with Crippen LogP contribution in [0.2, 0.25) is 10.0 Å². The number of nitrogens with two attached hydrogens (primary N) is 2. The average Bonchev–Trinajstić information content (AvgIpc) is 0.769. The van der Waals surface area contributed by atoms with Crippen molar-refractivity contribution >= 4 is 70.5 Å². The van der Waals surface area contributed by atoms with Gasteiger partial charge in [0.25, 0.3) is 0 Å². The van der Waals surface area contributed by atoms with Crippen molar-refractivity contribution in [3.63, 3.8) is 0 Å². The minimum atomic E-state index is -2.34. The first-order valence-electron chi connectivity index (χ1n) is 33.1. The fraction of sp³-hybridized carbons (Fsp3) is 0.429. The molecular formula is C70H80Cl2N10O23. The van der Waals surface area contributed by atoms with Crippen LogP contribution in [0.15, 0.2) is 78.9 Å². The van der Waals surface area contributed by atoms with Gasteiger partial charge in [-0.3, -0.25) is 38.4 Å². The van der Waals surface area contributed by atoms with Gasteiger partial charge in [0.15, 0.2) is 23.9 Å². The molecule has 35 heteroatoms. The molecule has 7 heterocycles. The Morgan fingerprint density at radius 3 is 1.96 bits per heavy atom. The summed E-state index contributed by atoms with van der Waals surface area (Å²) in [6.45, 7) is 5.49. The van der Waals surface area contributed by atoms with E-state index in [-0.39, 0.29) is 70.5 Å². The van der Waals surface area contributed by atoms with Gasteiger partial charge in [0.1, 0.15) is 95.5 Å². The normalized spacial score (nSPS) is 28.6. The topological polar surface area (TPSA) is 522 Å². The smallest absolute Gasteiger partial charge is 0.248 e. The summed E-state index contributed by atoms with van der Waals surface area (Å²) >= 11 is 14.2. The van der Waals surface area contributed by atoms with Crippen molar-refractivity contribution in [2.45, 2.75) is 163 Å². The molecule has 11 bridgehead atoms. The third kappa shape index (κ3) is 17.0. The van der Waals surface area contributed by atoms with Gasteiger partial charge in [-0.1, -0.05) is 55.2 Å². The number of aliphatic hydroxyl groups excluding tert-OH is 6. The van der Waals surface area contributed by atoms with Gasteiger partial charge in [0.05, 0.1) is 41.3 Å². The minimum Gasteiger partial charge on any atom is -0.508 e. The Hall–Kier alpha value is -9.64. The molecule has 2 fully saturated rings. The second kappa shape index (κ2) is 32.4. The van der Waals surface area contributed by atoms with Crippen LogP contribution in [0.25, 0.3) is 11.1 Å². The lowest BCUT2D eigenvalue weighted by Crippen LogP contribution is -2.64. The van der Waals surface area contributed by atoms with Crippen LogP contribution in [0.3, 0.4) is 0 Å². The zero-order chi connectivity index (χ0) is 76.4. The summed E-state index contributed by atoms with van der Waals surface area (Å²) in [4.78, 5) is 119. The van der Waals surface area contributed by atoms with Gasteiger partial charge in [-0.15, -0.1) is 12.3 Å². The largest absolute Gasteiger partial charge is 0.508 e. The van der Waals surface area contributed by atoms with Crippen LogP contribution in [0.1, 0.15) is 112 Å². The molecule has 21 N–H and O–H groups in total. The summed E-state index contributed by atoms with van der Waals surface area (Å²) in [5.74, 6) is -12.4. The van der Waals surface area contributed by atoms with Crippen LogP contribution in [-0.4, -0.2) is 192 Å². The maximum absolute atomic E-state index is 16.1. The molecule has 5 aromatic carbocycles. The molecular weight excluding hydrogens is 1420 g/mol. The zero-order valence-electron chi connectivity index (χ0n) is 56.9. The van der Waals surface area contributed by atoms with Crippen LogP contribution in [0, 0.1) is 18.3 Å². The van der Waals surface area contributed by atoms with E-state index in [4.69, 9.17) is 69.5 Å². The summed E-state index contributed by atoms with van der Waals surface area (Å²) < 4.78 is 38.5. The Labute approximate surface area is 609 Å². The number of primary amides is 1. The third-order valence-corrected chi connectivity index (χ3v) is 18.9. The number of phenols is 3. The Morgan fingerprint density at radius 1 is 0.743 bits per heavy atom. The lowest BCUT2D eigenvalue weighted by atomic mass is 9.86. The van der Waals surface area contributed by atoms with Crippen molar-refractivity contribution in [2.75, 3.05) is 20.2 Å². The quantitative estimate of drug-likeness (QED) is 0.0490. The van der Waals surface area contributed by atoms with Gasteiger partial charge >= 0.3 is 0 Å². The molecule has 0 saturated carbocycles. The van der Waals surface area contributed by atoms with E-state index < -0.39 is 226 Å². The minimum absolute atomic E-state index is 0.0316. The molecule has 5 aromatic rings. The molecule has 0 unspecified atom stereocenters. The molecule has 0 aliphatic carbocycles. The Balaban J connectivity index is 1.24. The molecule has 7 aliphatic heterocycles. The fourth-order valence-corrected chi connectivity index (χ4v) is 13.3. The number of fused-ring (bicyclic) bond motifs is 15. The van der Waals surface area contributed by atoms with E-state index in [9.17, 15) is 65.1 Å². The number of halogens is 2. The lowest BCUT2D eigenvalue weighted by Gasteiger charge is -2.47. The lowest BCUT2D eigenvalue weighted by molar-refractivity contribution is -0.333. The number of benzene rings is 5. The van der Waals surface area contributed by atoms with Gasteiger partial charge in [0, 0.05) is 42.1 Å². The number of nitrogens with one attached hydrogen (secondary N) is 8. The maximum Gasteiger partial charge on any atom is 0.248 e. The number of hydrogen-bond donors (Lipinski definition) is 19. The number of amides is 8. The number of ether oxygens (including phenoxy) is 6. The van der Waals surface area contributed by atoms with Gasteiger partial charge in [-0.2, -0.15) is 0 Å². The first-order valence-corrected chi connectivity index (χ1v) is 33.9. The predicted molar refractivity (Wildman–Crippen MR) is 368 cm³/mol. The second-order valence-corrected chi connectivity index (χ2v) is 27.4. The molecule has 33 nitrogen and oxygen atoms in total. The highest BCUT2D eigenvalue weighted by molar-refractivity contribution is 6.32. The fourth-order valence-electron chi connectivity index (χ4n) is 12.9. The highest BCUT2D eigenvalue weighted by Crippen LogP contribution is 2.50. The molecule has 2 saturated heterocycles. The molecule has 12 rings (SSSR count). The van der Waals surface area contributed by atoms with E-state index in [1.807, 2.05) is 13.8 Å². The number of rotatable bonds is 15. The number of carbonyl (C=O) groups is 8. The van der Waals surface area contributed by atoms with Crippen molar-refractivity contribution < 1.29 is 113 Å². The van der Waals surface area contributed by atoms with Gasteiger partial charge < -0.3 is 128 Å². The van der Waals surface area contributed by atoms with Crippen LogP contribution >= 0.6 is 23.2 Å². The van der Waals surface area contributed by atoms with Crippen LogP contribution in [-0.2, 0) is 52.6 Å². The molecule has 8 amide bonds. The molecule has 0 radical (unpaired) electrons. The van der Waals surface area contributed by atoms with Crippen molar-refractivity contribution in [1.82, 2.24) is 42.5 Å². The van der Waals surface area contributed by atoms with E-state index in [1.165, 1.54) is 39.1 Å². The Bertz CT molecular complexity index is 4240. The SMILES string of the molecule is C#CCCNC(=O)[C@H]1NC(=O)[C@H]2NC(=O)[C@H](NC(=O)[C@@H]3NC(=O)[C@H](CC(N)=O)NC(=O)[C@H](NC(=O)[C@@H](CC(C)C)NC)[C@H](O)c4ccc(c(Cl)c4)Oc4cc3cc(c4O[C@@H]3O[C@H](CO)[C@@H](O)[C@H](O)[C@H]3O[C@H]3C[C@](C)(N)[C@H](O)[C@H](C)O3)Oc3ccc(cc3Cl)[C@H]2O)c2ccc(O)c(c2)-c2c(O)cc(O)cc21.